The molecular weight excluding hydrogens is 388 g/mol. The molecule has 1 N–H and O–H groups in total. The number of carbonyl (C=O) groups is 1. The molecular formula is C19H23ClN2O4S. The quantitative estimate of drug-likeness (QED) is 0.760. The van der Waals surface area contributed by atoms with Gasteiger partial charge in [-0.1, -0.05) is 41.4 Å². The lowest BCUT2D eigenvalue weighted by molar-refractivity contribution is -0.122. The summed E-state index contributed by atoms with van der Waals surface area (Å²) in [4.78, 5) is 12.6. The van der Waals surface area contributed by atoms with E-state index in [0.717, 1.165) is 21.7 Å². The number of amides is 1. The van der Waals surface area contributed by atoms with Gasteiger partial charge in [-0.3, -0.25) is 9.10 Å². The van der Waals surface area contributed by atoms with Gasteiger partial charge in [0.2, 0.25) is 15.9 Å². The molecule has 0 spiro atoms. The van der Waals surface area contributed by atoms with Crippen molar-refractivity contribution in [1.82, 2.24) is 5.32 Å². The van der Waals surface area contributed by atoms with Gasteiger partial charge in [0.25, 0.3) is 0 Å². The van der Waals surface area contributed by atoms with Gasteiger partial charge in [0, 0.05) is 11.6 Å². The van der Waals surface area contributed by atoms with Crippen LogP contribution in [0.5, 0.6) is 5.75 Å². The summed E-state index contributed by atoms with van der Waals surface area (Å²) in [6.07, 6.45) is 1.04. The molecule has 0 aliphatic rings. The molecule has 2 rings (SSSR count). The summed E-state index contributed by atoms with van der Waals surface area (Å²) in [5.74, 6) is -0.119. The van der Waals surface area contributed by atoms with E-state index in [1.807, 2.05) is 31.2 Å². The van der Waals surface area contributed by atoms with Crippen molar-refractivity contribution < 1.29 is 17.9 Å². The third kappa shape index (κ3) is 5.37. The fraction of sp³-hybridized carbons (Fsp3) is 0.316. The first-order valence-electron chi connectivity index (χ1n) is 8.29. The molecule has 0 fully saturated rings. The van der Waals surface area contributed by atoms with Crippen molar-refractivity contribution in [2.75, 3.05) is 17.7 Å². The summed E-state index contributed by atoms with van der Waals surface area (Å²) < 4.78 is 31.1. The number of rotatable bonds is 7. The standard InChI is InChI=1S/C19H23ClN2O4S/c1-13-5-7-15(8-6-13)12-21-19(23)14(2)22(27(4,24)25)17-11-16(20)9-10-18(17)26-3/h5-11,14H,12H2,1-4H3,(H,21,23). The van der Waals surface area contributed by atoms with Crippen molar-refractivity contribution in [3.63, 3.8) is 0 Å². The second kappa shape index (κ2) is 8.63. The number of carbonyl (C=O) groups excluding carboxylic acids is 1. The number of sulfonamides is 1. The molecule has 0 aromatic heterocycles. The number of methoxy groups -OCH3 is 1. The van der Waals surface area contributed by atoms with Gasteiger partial charge in [-0.15, -0.1) is 0 Å². The van der Waals surface area contributed by atoms with Gasteiger partial charge in [0.1, 0.15) is 11.8 Å². The lowest BCUT2D eigenvalue weighted by Crippen LogP contribution is -2.47. The number of aryl methyl sites for hydroxylation is 1. The Morgan fingerprint density at radius 2 is 1.85 bits per heavy atom. The Hall–Kier alpha value is -2.25. The third-order valence-corrected chi connectivity index (χ3v) is 5.52. The summed E-state index contributed by atoms with van der Waals surface area (Å²) in [5, 5.41) is 3.11. The maximum atomic E-state index is 12.6. The molecule has 1 unspecified atom stereocenters. The van der Waals surface area contributed by atoms with Crippen molar-refractivity contribution in [3.05, 3.63) is 58.6 Å². The zero-order chi connectivity index (χ0) is 20.2. The van der Waals surface area contributed by atoms with Gasteiger partial charge < -0.3 is 10.1 Å². The van der Waals surface area contributed by atoms with Crippen molar-refractivity contribution in [3.8, 4) is 5.75 Å². The van der Waals surface area contributed by atoms with E-state index in [0.29, 0.717) is 17.3 Å². The van der Waals surface area contributed by atoms with Crippen LogP contribution < -0.4 is 14.4 Å². The normalized spacial score (nSPS) is 12.3. The fourth-order valence-electron chi connectivity index (χ4n) is 2.66. The maximum absolute atomic E-state index is 12.6. The third-order valence-electron chi connectivity index (χ3n) is 4.05. The second-order valence-corrected chi connectivity index (χ2v) is 8.55. The summed E-state index contributed by atoms with van der Waals surface area (Å²) >= 11 is 6.03. The van der Waals surface area contributed by atoms with Gasteiger partial charge in [-0.25, -0.2) is 8.42 Å². The maximum Gasteiger partial charge on any atom is 0.243 e. The predicted molar refractivity (Wildman–Crippen MR) is 108 cm³/mol. The average Bonchev–Trinajstić information content (AvgIpc) is 2.60. The van der Waals surface area contributed by atoms with Crippen LogP contribution in [-0.2, 0) is 21.4 Å². The number of ether oxygens (including phenoxy) is 1. The number of nitrogens with zero attached hydrogens (tertiary/aromatic N) is 1. The average molecular weight is 411 g/mol. The van der Waals surface area contributed by atoms with Crippen molar-refractivity contribution in [2.45, 2.75) is 26.4 Å². The van der Waals surface area contributed by atoms with Crippen LogP contribution in [0.15, 0.2) is 42.5 Å². The van der Waals surface area contributed by atoms with Crippen LogP contribution in [0.3, 0.4) is 0 Å². The van der Waals surface area contributed by atoms with Crippen molar-refractivity contribution in [2.24, 2.45) is 0 Å². The number of hydrogen-bond acceptors (Lipinski definition) is 4. The Bertz CT molecular complexity index is 914. The van der Waals surface area contributed by atoms with Gasteiger partial charge in [-0.2, -0.15) is 0 Å². The number of nitrogens with one attached hydrogen (secondary N) is 1. The SMILES string of the molecule is COc1ccc(Cl)cc1N(C(C)C(=O)NCc1ccc(C)cc1)S(C)(=O)=O. The first-order valence-corrected chi connectivity index (χ1v) is 10.5. The minimum atomic E-state index is -3.77. The first-order chi connectivity index (χ1) is 12.6. The molecule has 1 amide bonds. The van der Waals surface area contributed by atoms with Crippen LogP contribution in [-0.4, -0.2) is 33.7 Å². The summed E-state index contributed by atoms with van der Waals surface area (Å²) in [5.41, 5.74) is 2.26. The minimum absolute atomic E-state index is 0.213. The predicted octanol–water partition coefficient (Wildman–Crippen LogP) is 3.13. The van der Waals surface area contributed by atoms with E-state index in [9.17, 15) is 13.2 Å². The highest BCUT2D eigenvalue weighted by molar-refractivity contribution is 7.92. The van der Waals surface area contributed by atoms with E-state index < -0.39 is 22.0 Å². The highest BCUT2D eigenvalue weighted by Gasteiger charge is 2.31. The van der Waals surface area contributed by atoms with Gasteiger partial charge in [0.15, 0.2) is 0 Å². The van der Waals surface area contributed by atoms with E-state index in [1.54, 1.807) is 12.1 Å². The summed E-state index contributed by atoms with van der Waals surface area (Å²) in [6.45, 7) is 3.80. The van der Waals surface area contributed by atoms with Gasteiger partial charge in [0.05, 0.1) is 19.1 Å². The van der Waals surface area contributed by atoms with Crippen LogP contribution in [0.4, 0.5) is 5.69 Å². The number of halogens is 1. The second-order valence-electron chi connectivity index (χ2n) is 6.25. The summed E-state index contributed by atoms with van der Waals surface area (Å²) in [6, 6.07) is 11.3. The number of anilines is 1. The molecule has 0 bridgehead atoms. The highest BCUT2D eigenvalue weighted by Crippen LogP contribution is 2.34. The van der Waals surface area contributed by atoms with Crippen LogP contribution in [0.2, 0.25) is 5.02 Å². The zero-order valence-corrected chi connectivity index (χ0v) is 17.3. The van der Waals surface area contributed by atoms with Crippen molar-refractivity contribution >= 4 is 33.2 Å². The molecule has 0 heterocycles. The lowest BCUT2D eigenvalue weighted by Gasteiger charge is -2.29. The number of hydrogen-bond donors (Lipinski definition) is 1. The monoisotopic (exact) mass is 410 g/mol. The molecule has 146 valence electrons. The van der Waals surface area contributed by atoms with Gasteiger partial charge in [-0.05, 0) is 37.6 Å². The largest absolute Gasteiger partial charge is 0.495 e. The Balaban J connectivity index is 2.27. The molecule has 0 radical (unpaired) electrons. The zero-order valence-electron chi connectivity index (χ0n) is 15.7. The summed E-state index contributed by atoms with van der Waals surface area (Å²) in [7, 11) is -2.34. The minimum Gasteiger partial charge on any atom is -0.495 e. The fourth-order valence-corrected chi connectivity index (χ4v) is 4.00. The van der Waals surface area contributed by atoms with Crippen LogP contribution in [0, 0.1) is 6.92 Å². The smallest absolute Gasteiger partial charge is 0.243 e. The molecule has 1 atom stereocenters. The van der Waals surface area contributed by atoms with E-state index in [4.69, 9.17) is 16.3 Å². The molecule has 0 saturated carbocycles. The van der Waals surface area contributed by atoms with Crippen LogP contribution in [0.25, 0.3) is 0 Å². The van der Waals surface area contributed by atoms with Crippen LogP contribution in [0.1, 0.15) is 18.1 Å². The Kier molecular flexibility index (Phi) is 6.73. The number of benzene rings is 2. The molecule has 2 aromatic carbocycles. The van der Waals surface area contributed by atoms with E-state index in [1.165, 1.54) is 20.1 Å². The molecule has 0 aliphatic carbocycles. The Morgan fingerprint density at radius 3 is 2.41 bits per heavy atom. The Labute approximate surface area is 165 Å². The molecule has 8 heteroatoms. The molecule has 0 aliphatic heterocycles. The van der Waals surface area contributed by atoms with Gasteiger partial charge >= 0.3 is 0 Å². The van der Waals surface area contributed by atoms with E-state index in [-0.39, 0.29) is 5.69 Å². The first kappa shape index (κ1) is 21.1. The van der Waals surface area contributed by atoms with Crippen molar-refractivity contribution in [1.29, 1.82) is 0 Å². The van der Waals surface area contributed by atoms with Crippen LogP contribution >= 0.6 is 11.6 Å². The molecule has 27 heavy (non-hydrogen) atoms. The topological polar surface area (TPSA) is 75.7 Å². The Morgan fingerprint density at radius 1 is 1.22 bits per heavy atom. The molecule has 6 nitrogen and oxygen atoms in total. The lowest BCUT2D eigenvalue weighted by atomic mass is 10.1. The highest BCUT2D eigenvalue weighted by atomic mass is 35.5. The van der Waals surface area contributed by atoms with E-state index in [2.05, 4.69) is 5.32 Å². The molecule has 2 aromatic rings. The molecule has 0 saturated heterocycles. The van der Waals surface area contributed by atoms with E-state index >= 15 is 0 Å².